The first-order valence-corrected chi connectivity index (χ1v) is 6.38. The lowest BCUT2D eigenvalue weighted by molar-refractivity contribution is -0.384. The number of rotatable bonds is 6. The summed E-state index contributed by atoms with van der Waals surface area (Å²) in [5.41, 5.74) is 0.585. The van der Waals surface area contributed by atoms with Crippen molar-refractivity contribution >= 4 is 5.69 Å². The second-order valence-corrected chi connectivity index (χ2v) is 4.42. The van der Waals surface area contributed by atoms with E-state index in [2.05, 4.69) is 22.4 Å². The van der Waals surface area contributed by atoms with Gasteiger partial charge in [-0.3, -0.25) is 10.1 Å². The molecule has 1 heterocycles. The van der Waals surface area contributed by atoms with Crippen LogP contribution in [0.2, 0.25) is 0 Å². The molecule has 0 bridgehead atoms. The lowest BCUT2D eigenvalue weighted by Crippen LogP contribution is -2.26. The minimum Gasteiger partial charge on any atom is -0.339 e. The van der Waals surface area contributed by atoms with E-state index >= 15 is 0 Å². The zero-order chi connectivity index (χ0) is 14.5. The number of nitro benzene ring substituents is 1. The molecule has 0 spiro atoms. The Hall–Kier alpha value is -2.28. The largest absolute Gasteiger partial charge is 0.339 e. The van der Waals surface area contributed by atoms with E-state index in [-0.39, 0.29) is 11.7 Å². The predicted octanol–water partition coefficient (Wildman–Crippen LogP) is 2.19. The van der Waals surface area contributed by atoms with Crippen LogP contribution in [0, 0.1) is 10.1 Å². The lowest BCUT2D eigenvalue weighted by atomic mass is 10.1. The molecule has 106 valence electrons. The fraction of sp³-hybridized carbons (Fsp3) is 0.385. The summed E-state index contributed by atoms with van der Waals surface area (Å²) in [5.74, 6) is 0.891. The van der Waals surface area contributed by atoms with Gasteiger partial charge in [-0.1, -0.05) is 24.2 Å². The van der Waals surface area contributed by atoms with E-state index in [0.29, 0.717) is 23.7 Å². The van der Waals surface area contributed by atoms with Crippen molar-refractivity contribution in [2.75, 3.05) is 7.05 Å². The Balaban J connectivity index is 2.20. The van der Waals surface area contributed by atoms with Crippen LogP contribution in [-0.4, -0.2) is 28.2 Å². The molecule has 1 aromatic carbocycles. The summed E-state index contributed by atoms with van der Waals surface area (Å²) in [7, 11) is 1.88. The van der Waals surface area contributed by atoms with Crippen LogP contribution >= 0.6 is 0 Å². The number of non-ortho nitro benzene ring substituents is 1. The molecular weight excluding hydrogens is 260 g/mol. The molecular formula is C13H16N4O3. The molecule has 0 saturated heterocycles. The SMILES string of the molecule is CCC(Cc1nc(-c2cccc([N+](=O)[O-])c2)no1)NC. The fourth-order valence-corrected chi connectivity index (χ4v) is 1.87. The molecule has 20 heavy (non-hydrogen) atoms. The van der Waals surface area contributed by atoms with Gasteiger partial charge in [0.05, 0.1) is 4.92 Å². The highest BCUT2D eigenvalue weighted by atomic mass is 16.6. The van der Waals surface area contributed by atoms with E-state index < -0.39 is 4.92 Å². The Morgan fingerprint density at radius 2 is 2.30 bits per heavy atom. The second kappa shape index (κ2) is 6.25. The van der Waals surface area contributed by atoms with Crippen LogP contribution in [-0.2, 0) is 6.42 Å². The molecule has 0 saturated carbocycles. The summed E-state index contributed by atoms with van der Waals surface area (Å²) in [5, 5.41) is 17.8. The van der Waals surface area contributed by atoms with Gasteiger partial charge in [-0.15, -0.1) is 0 Å². The van der Waals surface area contributed by atoms with Crippen LogP contribution in [0.4, 0.5) is 5.69 Å². The molecule has 1 aromatic heterocycles. The maximum atomic E-state index is 10.7. The Morgan fingerprint density at radius 1 is 1.50 bits per heavy atom. The highest BCUT2D eigenvalue weighted by molar-refractivity contribution is 5.58. The summed E-state index contributed by atoms with van der Waals surface area (Å²) in [6, 6.07) is 6.46. The van der Waals surface area contributed by atoms with Gasteiger partial charge in [0.1, 0.15) is 0 Å². The molecule has 7 nitrogen and oxygen atoms in total. The van der Waals surface area contributed by atoms with Crippen molar-refractivity contribution in [2.24, 2.45) is 0 Å². The van der Waals surface area contributed by atoms with Crippen molar-refractivity contribution in [2.45, 2.75) is 25.8 Å². The molecule has 0 radical (unpaired) electrons. The standard InChI is InChI=1S/C13H16N4O3/c1-3-10(14-2)8-12-15-13(16-20-12)9-5-4-6-11(7-9)17(18)19/h4-7,10,14H,3,8H2,1-2H3. The van der Waals surface area contributed by atoms with Gasteiger partial charge < -0.3 is 9.84 Å². The number of hydrogen-bond acceptors (Lipinski definition) is 6. The minimum absolute atomic E-state index is 0.00973. The molecule has 1 atom stereocenters. The van der Waals surface area contributed by atoms with E-state index in [4.69, 9.17) is 4.52 Å². The third kappa shape index (κ3) is 3.18. The summed E-state index contributed by atoms with van der Waals surface area (Å²) in [6.07, 6.45) is 1.58. The quantitative estimate of drug-likeness (QED) is 0.642. The summed E-state index contributed by atoms with van der Waals surface area (Å²) >= 11 is 0. The maximum absolute atomic E-state index is 10.7. The number of likely N-dealkylation sites (N-methyl/N-ethyl adjacent to an activating group) is 1. The van der Waals surface area contributed by atoms with E-state index in [0.717, 1.165) is 6.42 Å². The zero-order valence-electron chi connectivity index (χ0n) is 11.4. The van der Waals surface area contributed by atoms with Gasteiger partial charge in [-0.25, -0.2) is 0 Å². The Labute approximate surface area is 116 Å². The predicted molar refractivity (Wildman–Crippen MR) is 73.2 cm³/mol. The monoisotopic (exact) mass is 276 g/mol. The number of nitrogens with zero attached hydrogens (tertiary/aromatic N) is 3. The highest BCUT2D eigenvalue weighted by Crippen LogP contribution is 2.21. The number of nitrogens with one attached hydrogen (secondary N) is 1. The van der Waals surface area contributed by atoms with E-state index in [1.807, 2.05) is 7.05 Å². The first-order valence-electron chi connectivity index (χ1n) is 6.38. The highest BCUT2D eigenvalue weighted by Gasteiger charge is 2.14. The van der Waals surface area contributed by atoms with Crippen LogP contribution < -0.4 is 5.32 Å². The van der Waals surface area contributed by atoms with Gasteiger partial charge in [0.2, 0.25) is 11.7 Å². The summed E-state index contributed by atoms with van der Waals surface area (Å²) < 4.78 is 5.18. The molecule has 7 heteroatoms. The molecule has 0 amide bonds. The van der Waals surface area contributed by atoms with Crippen molar-refractivity contribution in [1.82, 2.24) is 15.5 Å². The fourth-order valence-electron chi connectivity index (χ4n) is 1.87. The van der Waals surface area contributed by atoms with Gasteiger partial charge in [-0.2, -0.15) is 4.98 Å². The first-order chi connectivity index (χ1) is 9.63. The molecule has 1 unspecified atom stereocenters. The molecule has 0 aliphatic rings. The topological polar surface area (TPSA) is 94.1 Å². The van der Waals surface area contributed by atoms with Crippen LogP contribution in [0.3, 0.4) is 0 Å². The number of benzene rings is 1. The molecule has 0 aliphatic heterocycles. The van der Waals surface area contributed by atoms with Crippen molar-refractivity contribution in [3.05, 3.63) is 40.3 Å². The zero-order valence-corrected chi connectivity index (χ0v) is 11.4. The van der Waals surface area contributed by atoms with Crippen LogP contribution in [0.5, 0.6) is 0 Å². The Morgan fingerprint density at radius 3 is 2.95 bits per heavy atom. The Bertz CT molecular complexity index is 593. The van der Waals surface area contributed by atoms with E-state index in [9.17, 15) is 10.1 Å². The average Bonchev–Trinajstić information content (AvgIpc) is 2.93. The normalized spacial score (nSPS) is 12.3. The third-order valence-corrected chi connectivity index (χ3v) is 3.11. The second-order valence-electron chi connectivity index (χ2n) is 4.42. The van der Waals surface area contributed by atoms with Crippen molar-refractivity contribution in [1.29, 1.82) is 0 Å². The smallest absolute Gasteiger partial charge is 0.270 e. The minimum atomic E-state index is -0.446. The molecule has 0 aliphatic carbocycles. The van der Waals surface area contributed by atoms with Crippen LogP contribution in [0.15, 0.2) is 28.8 Å². The van der Waals surface area contributed by atoms with Gasteiger partial charge >= 0.3 is 0 Å². The van der Waals surface area contributed by atoms with Gasteiger partial charge in [-0.05, 0) is 13.5 Å². The van der Waals surface area contributed by atoms with Crippen molar-refractivity contribution in [3.8, 4) is 11.4 Å². The lowest BCUT2D eigenvalue weighted by Gasteiger charge is -2.09. The van der Waals surface area contributed by atoms with Gasteiger partial charge in [0, 0.05) is 30.2 Å². The van der Waals surface area contributed by atoms with E-state index in [1.165, 1.54) is 12.1 Å². The van der Waals surface area contributed by atoms with Gasteiger partial charge in [0.15, 0.2) is 0 Å². The molecule has 2 rings (SSSR count). The first kappa shape index (κ1) is 14.1. The molecule has 1 N–H and O–H groups in total. The summed E-state index contributed by atoms with van der Waals surface area (Å²) in [6.45, 7) is 2.07. The number of hydrogen-bond donors (Lipinski definition) is 1. The van der Waals surface area contributed by atoms with Crippen LogP contribution in [0.1, 0.15) is 19.2 Å². The average molecular weight is 276 g/mol. The Kier molecular flexibility index (Phi) is 4.41. The van der Waals surface area contributed by atoms with E-state index in [1.54, 1.807) is 12.1 Å². The maximum Gasteiger partial charge on any atom is 0.270 e. The molecule has 2 aromatic rings. The van der Waals surface area contributed by atoms with Crippen LogP contribution in [0.25, 0.3) is 11.4 Å². The van der Waals surface area contributed by atoms with Crippen molar-refractivity contribution < 1.29 is 9.45 Å². The number of aromatic nitrogens is 2. The number of nitro groups is 1. The van der Waals surface area contributed by atoms with Crippen molar-refractivity contribution in [3.63, 3.8) is 0 Å². The molecule has 0 fully saturated rings. The van der Waals surface area contributed by atoms with Gasteiger partial charge in [0.25, 0.3) is 5.69 Å². The third-order valence-electron chi connectivity index (χ3n) is 3.11. The summed E-state index contributed by atoms with van der Waals surface area (Å²) in [4.78, 5) is 14.6.